The van der Waals surface area contributed by atoms with Crippen LogP contribution in [0.3, 0.4) is 0 Å². The number of hydrogen-bond acceptors (Lipinski definition) is 4. The van der Waals surface area contributed by atoms with Gasteiger partial charge in [0.1, 0.15) is 0 Å². The fourth-order valence-corrected chi connectivity index (χ4v) is 3.52. The summed E-state index contributed by atoms with van der Waals surface area (Å²) in [6.45, 7) is 5.47. The highest BCUT2D eigenvalue weighted by Gasteiger charge is 2.49. The van der Waals surface area contributed by atoms with Gasteiger partial charge < -0.3 is 14.2 Å². The molecule has 2 heterocycles. The average molecular weight is 305 g/mol. The summed E-state index contributed by atoms with van der Waals surface area (Å²) in [5, 5.41) is 0. The van der Waals surface area contributed by atoms with Crippen LogP contribution in [0.25, 0.3) is 0 Å². The number of ether oxygens (including phenoxy) is 3. The van der Waals surface area contributed by atoms with E-state index in [4.69, 9.17) is 14.2 Å². The zero-order chi connectivity index (χ0) is 15.6. The maximum absolute atomic E-state index is 12.4. The fourth-order valence-electron chi connectivity index (χ4n) is 3.52. The molecule has 3 rings (SSSR count). The lowest BCUT2D eigenvalue weighted by Crippen LogP contribution is -2.53. The van der Waals surface area contributed by atoms with Crippen LogP contribution in [0.5, 0.6) is 0 Å². The molecule has 2 atom stereocenters. The Labute approximate surface area is 131 Å². The second-order valence-electron chi connectivity index (χ2n) is 5.90. The van der Waals surface area contributed by atoms with E-state index in [1.165, 1.54) is 0 Å². The van der Waals surface area contributed by atoms with Crippen molar-refractivity contribution < 1.29 is 19.0 Å². The first-order valence-corrected chi connectivity index (χ1v) is 7.93. The first-order chi connectivity index (χ1) is 10.7. The topological polar surface area (TPSA) is 48.0 Å². The van der Waals surface area contributed by atoms with Gasteiger partial charge in [-0.2, -0.15) is 0 Å². The number of likely N-dealkylation sites (tertiary alicyclic amines) is 1. The van der Waals surface area contributed by atoms with E-state index < -0.39 is 5.79 Å². The third-order valence-electron chi connectivity index (χ3n) is 4.40. The highest BCUT2D eigenvalue weighted by molar-refractivity contribution is 5.69. The van der Waals surface area contributed by atoms with Gasteiger partial charge in [0.25, 0.3) is 0 Å². The van der Waals surface area contributed by atoms with Crippen LogP contribution in [0.4, 0.5) is 4.79 Å². The maximum atomic E-state index is 12.4. The predicted octanol–water partition coefficient (Wildman–Crippen LogP) is 3.11. The van der Waals surface area contributed by atoms with E-state index in [1.807, 2.05) is 49.1 Å². The SMILES string of the molecule is CCOC(=O)N1[C@H](C)CC2(C[C@@H]1c1ccccc1)OCCO2. The molecule has 120 valence electrons. The molecule has 2 aliphatic heterocycles. The van der Waals surface area contributed by atoms with Crippen molar-refractivity contribution in [2.45, 2.75) is 44.6 Å². The molecule has 0 bridgehead atoms. The minimum Gasteiger partial charge on any atom is -0.450 e. The monoisotopic (exact) mass is 305 g/mol. The van der Waals surface area contributed by atoms with Crippen molar-refractivity contribution >= 4 is 6.09 Å². The molecule has 1 amide bonds. The lowest BCUT2D eigenvalue weighted by atomic mass is 9.87. The molecule has 2 aliphatic rings. The van der Waals surface area contributed by atoms with E-state index in [0.29, 0.717) is 32.7 Å². The molecule has 0 saturated carbocycles. The summed E-state index contributed by atoms with van der Waals surface area (Å²) >= 11 is 0. The number of carbonyl (C=O) groups is 1. The first kappa shape index (κ1) is 15.3. The molecule has 0 aromatic heterocycles. The quantitative estimate of drug-likeness (QED) is 0.842. The molecule has 0 N–H and O–H groups in total. The van der Waals surface area contributed by atoms with Crippen molar-refractivity contribution in [1.29, 1.82) is 0 Å². The van der Waals surface area contributed by atoms with Gasteiger partial charge >= 0.3 is 6.09 Å². The van der Waals surface area contributed by atoms with Gasteiger partial charge in [-0.3, -0.25) is 4.90 Å². The van der Waals surface area contributed by atoms with Crippen LogP contribution >= 0.6 is 0 Å². The van der Waals surface area contributed by atoms with Crippen LogP contribution in [0.15, 0.2) is 30.3 Å². The largest absolute Gasteiger partial charge is 0.450 e. The molecule has 1 spiro atoms. The Morgan fingerprint density at radius 1 is 1.27 bits per heavy atom. The van der Waals surface area contributed by atoms with Crippen molar-refractivity contribution in [3.8, 4) is 0 Å². The molecule has 2 saturated heterocycles. The van der Waals surface area contributed by atoms with Crippen LogP contribution in [-0.2, 0) is 14.2 Å². The number of piperidine rings is 1. The Balaban J connectivity index is 1.92. The molecule has 1 aromatic rings. The van der Waals surface area contributed by atoms with E-state index in [0.717, 1.165) is 5.56 Å². The maximum Gasteiger partial charge on any atom is 0.410 e. The van der Waals surface area contributed by atoms with Gasteiger partial charge in [-0.05, 0) is 19.4 Å². The number of rotatable bonds is 2. The molecule has 22 heavy (non-hydrogen) atoms. The molecular weight excluding hydrogens is 282 g/mol. The van der Waals surface area contributed by atoms with Gasteiger partial charge in [-0.1, -0.05) is 30.3 Å². The summed E-state index contributed by atoms with van der Waals surface area (Å²) in [6.07, 6.45) is 1.05. The number of nitrogens with zero attached hydrogens (tertiary/aromatic N) is 1. The van der Waals surface area contributed by atoms with Crippen molar-refractivity contribution in [2.75, 3.05) is 19.8 Å². The number of amides is 1. The fraction of sp³-hybridized carbons (Fsp3) is 0.588. The van der Waals surface area contributed by atoms with Gasteiger partial charge in [-0.15, -0.1) is 0 Å². The third-order valence-corrected chi connectivity index (χ3v) is 4.40. The second-order valence-corrected chi connectivity index (χ2v) is 5.90. The molecule has 0 unspecified atom stereocenters. The molecule has 2 fully saturated rings. The Morgan fingerprint density at radius 2 is 1.95 bits per heavy atom. The molecule has 5 heteroatoms. The van der Waals surface area contributed by atoms with E-state index >= 15 is 0 Å². The lowest BCUT2D eigenvalue weighted by molar-refractivity contribution is -0.204. The zero-order valence-electron chi connectivity index (χ0n) is 13.2. The Bertz CT molecular complexity index is 513. The van der Waals surface area contributed by atoms with Gasteiger partial charge in [0.15, 0.2) is 5.79 Å². The number of hydrogen-bond donors (Lipinski definition) is 0. The van der Waals surface area contributed by atoms with Gasteiger partial charge in [0, 0.05) is 18.9 Å². The Morgan fingerprint density at radius 3 is 2.59 bits per heavy atom. The van der Waals surface area contributed by atoms with Crippen LogP contribution < -0.4 is 0 Å². The van der Waals surface area contributed by atoms with Crippen molar-refractivity contribution in [3.63, 3.8) is 0 Å². The zero-order valence-corrected chi connectivity index (χ0v) is 13.2. The summed E-state index contributed by atoms with van der Waals surface area (Å²) < 4.78 is 17.0. The van der Waals surface area contributed by atoms with Crippen LogP contribution in [0.2, 0.25) is 0 Å². The predicted molar refractivity (Wildman–Crippen MR) is 81.4 cm³/mol. The minimum absolute atomic E-state index is 0.00361. The summed E-state index contributed by atoms with van der Waals surface area (Å²) in [6, 6.07) is 9.93. The standard InChI is InChI=1S/C17H23NO4/c1-3-20-16(19)18-13(2)11-17(21-9-10-22-17)12-15(18)14-7-5-4-6-8-14/h4-8,13,15H,3,9-12H2,1-2H3/t13-,15-/m1/s1. The summed E-state index contributed by atoms with van der Waals surface area (Å²) in [5.74, 6) is -0.567. The van der Waals surface area contributed by atoms with Gasteiger partial charge in [0.05, 0.1) is 25.9 Å². The highest BCUT2D eigenvalue weighted by Crippen LogP contribution is 2.44. The molecule has 1 aromatic carbocycles. The smallest absolute Gasteiger partial charge is 0.410 e. The van der Waals surface area contributed by atoms with Crippen LogP contribution in [0.1, 0.15) is 38.3 Å². The third kappa shape index (κ3) is 2.83. The first-order valence-electron chi connectivity index (χ1n) is 7.93. The summed E-state index contributed by atoms with van der Waals surface area (Å²) in [7, 11) is 0. The summed E-state index contributed by atoms with van der Waals surface area (Å²) in [4.78, 5) is 14.2. The van der Waals surface area contributed by atoms with E-state index in [9.17, 15) is 4.79 Å². The highest BCUT2D eigenvalue weighted by atomic mass is 16.7. The van der Waals surface area contributed by atoms with E-state index in [-0.39, 0.29) is 18.2 Å². The van der Waals surface area contributed by atoms with Gasteiger partial charge in [0.2, 0.25) is 0 Å². The number of carbonyl (C=O) groups excluding carboxylic acids is 1. The van der Waals surface area contributed by atoms with E-state index in [2.05, 4.69) is 0 Å². The molecule has 5 nitrogen and oxygen atoms in total. The molecule has 0 aliphatic carbocycles. The Hall–Kier alpha value is -1.59. The second kappa shape index (κ2) is 6.26. The Kier molecular flexibility index (Phi) is 4.36. The minimum atomic E-state index is -0.567. The van der Waals surface area contributed by atoms with Gasteiger partial charge in [-0.25, -0.2) is 4.79 Å². The van der Waals surface area contributed by atoms with Crippen molar-refractivity contribution in [1.82, 2.24) is 4.90 Å². The van der Waals surface area contributed by atoms with Crippen LogP contribution in [0, 0.1) is 0 Å². The molecular formula is C17H23NO4. The normalized spacial score (nSPS) is 27.1. The van der Waals surface area contributed by atoms with Crippen molar-refractivity contribution in [2.24, 2.45) is 0 Å². The average Bonchev–Trinajstić information content (AvgIpc) is 2.95. The lowest BCUT2D eigenvalue weighted by Gasteiger charge is -2.46. The molecule has 0 radical (unpaired) electrons. The van der Waals surface area contributed by atoms with Crippen molar-refractivity contribution in [3.05, 3.63) is 35.9 Å². The van der Waals surface area contributed by atoms with Crippen LogP contribution in [-0.4, -0.2) is 42.6 Å². The summed E-state index contributed by atoms with van der Waals surface area (Å²) in [5.41, 5.74) is 1.08. The van der Waals surface area contributed by atoms with E-state index in [1.54, 1.807) is 0 Å². The number of benzene rings is 1.